The summed E-state index contributed by atoms with van der Waals surface area (Å²) in [5.74, 6) is -0.854. The second-order valence-corrected chi connectivity index (χ2v) is 9.37. The summed E-state index contributed by atoms with van der Waals surface area (Å²) in [7, 11) is -3.09. The Labute approximate surface area is 149 Å². The molecule has 1 heterocycles. The van der Waals surface area contributed by atoms with E-state index >= 15 is 0 Å². The molecule has 1 aromatic rings. The molecule has 0 aromatic heterocycles. The molecule has 0 radical (unpaired) electrons. The van der Waals surface area contributed by atoms with Crippen LogP contribution < -0.4 is 10.6 Å². The number of amides is 2. The van der Waals surface area contributed by atoms with E-state index < -0.39 is 33.1 Å². The quantitative estimate of drug-likeness (QED) is 0.769. The van der Waals surface area contributed by atoms with Crippen molar-refractivity contribution in [3.05, 3.63) is 28.2 Å². The summed E-state index contributed by atoms with van der Waals surface area (Å²) < 4.78 is 22.9. The number of hydrogen-bond acceptors (Lipinski definition) is 4. The molecular weight excluding hydrogens is 375 g/mol. The Morgan fingerprint density at radius 1 is 1.08 bits per heavy atom. The van der Waals surface area contributed by atoms with Gasteiger partial charge in [0.15, 0.2) is 9.84 Å². The summed E-state index contributed by atoms with van der Waals surface area (Å²) in [6.45, 7) is 0. The van der Waals surface area contributed by atoms with E-state index in [-0.39, 0.29) is 11.5 Å². The zero-order valence-electron chi connectivity index (χ0n) is 12.6. The van der Waals surface area contributed by atoms with Crippen molar-refractivity contribution in [2.24, 2.45) is 5.41 Å². The van der Waals surface area contributed by atoms with Crippen LogP contribution in [0.1, 0.15) is 19.3 Å². The van der Waals surface area contributed by atoms with Crippen molar-refractivity contribution in [1.29, 1.82) is 0 Å². The van der Waals surface area contributed by atoms with Gasteiger partial charge in [0.05, 0.1) is 11.5 Å². The molecule has 0 bridgehead atoms. The zero-order chi connectivity index (χ0) is 17.5. The Morgan fingerprint density at radius 2 is 1.71 bits per heavy atom. The van der Waals surface area contributed by atoms with Gasteiger partial charge in [0.2, 0.25) is 11.8 Å². The zero-order valence-corrected chi connectivity index (χ0v) is 15.0. The highest BCUT2D eigenvalue weighted by Gasteiger charge is 2.57. The van der Waals surface area contributed by atoms with Gasteiger partial charge in [0.25, 0.3) is 0 Å². The molecule has 2 amide bonds. The third-order valence-corrected chi connectivity index (χ3v) is 6.51. The maximum atomic E-state index is 12.5. The van der Waals surface area contributed by atoms with E-state index in [1.165, 1.54) is 0 Å². The van der Waals surface area contributed by atoms with Crippen LogP contribution in [0.5, 0.6) is 0 Å². The van der Waals surface area contributed by atoms with Crippen molar-refractivity contribution < 1.29 is 18.0 Å². The van der Waals surface area contributed by atoms with Gasteiger partial charge in [-0.25, -0.2) is 8.42 Å². The fourth-order valence-electron chi connectivity index (χ4n) is 2.79. The fraction of sp³-hybridized carbons (Fsp3) is 0.467. The largest absolute Gasteiger partial charge is 0.351 e. The normalized spacial score (nSPS) is 23.5. The van der Waals surface area contributed by atoms with Gasteiger partial charge in [0.1, 0.15) is 5.41 Å². The molecule has 0 spiro atoms. The molecule has 1 saturated carbocycles. The smallest absolute Gasteiger partial charge is 0.240 e. The first kappa shape index (κ1) is 17.5. The van der Waals surface area contributed by atoms with Gasteiger partial charge in [-0.2, -0.15) is 0 Å². The minimum absolute atomic E-state index is 0.0676. The van der Waals surface area contributed by atoms with E-state index in [0.717, 1.165) is 0 Å². The minimum Gasteiger partial charge on any atom is -0.351 e. The third-order valence-electron chi connectivity index (χ3n) is 4.31. The number of hydrogen-bond donors (Lipinski definition) is 2. The van der Waals surface area contributed by atoms with Crippen LogP contribution >= 0.6 is 23.2 Å². The lowest BCUT2D eigenvalue weighted by Gasteiger charge is -2.18. The van der Waals surface area contributed by atoms with Crippen molar-refractivity contribution >= 4 is 50.5 Å². The highest BCUT2D eigenvalue weighted by atomic mass is 35.5. The second-order valence-electron chi connectivity index (χ2n) is 6.27. The Bertz CT molecular complexity index is 785. The number of carbonyl (C=O) groups excluding carboxylic acids is 2. The predicted octanol–water partition coefficient (Wildman–Crippen LogP) is 2.02. The number of anilines is 1. The topological polar surface area (TPSA) is 92.3 Å². The average Bonchev–Trinajstić information content (AvgIpc) is 3.19. The van der Waals surface area contributed by atoms with Crippen molar-refractivity contribution in [2.75, 3.05) is 16.8 Å². The highest BCUT2D eigenvalue weighted by molar-refractivity contribution is 7.91. The molecular formula is C15H16Cl2N2O4S. The average molecular weight is 391 g/mol. The van der Waals surface area contributed by atoms with Gasteiger partial charge < -0.3 is 10.6 Å². The lowest BCUT2D eigenvalue weighted by Crippen LogP contribution is -2.45. The van der Waals surface area contributed by atoms with Crippen LogP contribution in [0, 0.1) is 5.41 Å². The second kappa shape index (κ2) is 6.20. The van der Waals surface area contributed by atoms with Gasteiger partial charge in [-0.05, 0) is 37.5 Å². The van der Waals surface area contributed by atoms with E-state index in [9.17, 15) is 18.0 Å². The number of nitrogens with one attached hydrogen (secondary N) is 2. The van der Waals surface area contributed by atoms with Crippen molar-refractivity contribution in [2.45, 2.75) is 25.3 Å². The molecule has 6 nitrogen and oxygen atoms in total. The maximum absolute atomic E-state index is 12.5. The summed E-state index contributed by atoms with van der Waals surface area (Å²) in [5.41, 5.74) is -0.721. The van der Waals surface area contributed by atoms with Crippen LogP contribution in [0.15, 0.2) is 18.2 Å². The number of rotatable bonds is 4. The molecule has 1 saturated heterocycles. The molecule has 1 atom stereocenters. The van der Waals surface area contributed by atoms with Crippen LogP contribution in [0.2, 0.25) is 10.0 Å². The maximum Gasteiger partial charge on any atom is 0.240 e. The van der Waals surface area contributed by atoms with E-state index in [1.807, 2.05) is 0 Å². The Balaban J connectivity index is 1.66. The molecule has 3 rings (SSSR count). The first-order valence-corrected chi connectivity index (χ1v) is 10.1. The molecule has 1 unspecified atom stereocenters. The molecule has 9 heteroatoms. The summed E-state index contributed by atoms with van der Waals surface area (Å²) in [6, 6.07) is 4.21. The lowest BCUT2D eigenvalue weighted by molar-refractivity contribution is -0.134. The Morgan fingerprint density at radius 3 is 2.21 bits per heavy atom. The number of halogens is 2. The fourth-order valence-corrected chi connectivity index (χ4v) is 4.99. The van der Waals surface area contributed by atoms with E-state index in [4.69, 9.17) is 23.2 Å². The molecule has 1 aromatic carbocycles. The van der Waals surface area contributed by atoms with Crippen LogP contribution in [0.25, 0.3) is 0 Å². The van der Waals surface area contributed by atoms with Gasteiger partial charge in [-0.3, -0.25) is 9.59 Å². The summed E-state index contributed by atoms with van der Waals surface area (Å²) in [5, 5.41) is 6.11. The SMILES string of the molecule is O=C(Nc1cc(Cl)cc(Cl)c1)C1(C(=O)NC2CCS(=O)(=O)C2)CC1. The number of benzene rings is 1. The predicted molar refractivity (Wildman–Crippen MR) is 92.0 cm³/mol. The standard InChI is InChI=1S/C15H16Cl2N2O4S/c16-9-5-10(17)7-12(6-9)19-14(21)15(2-3-15)13(20)18-11-1-4-24(22,23)8-11/h5-7,11H,1-4,8H2,(H,18,20)(H,19,21). The molecule has 2 N–H and O–H groups in total. The summed E-state index contributed by atoms with van der Waals surface area (Å²) in [6.07, 6.45) is 1.24. The van der Waals surface area contributed by atoms with Crippen molar-refractivity contribution in [3.63, 3.8) is 0 Å². The van der Waals surface area contributed by atoms with Gasteiger partial charge in [-0.15, -0.1) is 0 Å². The van der Waals surface area contributed by atoms with Crippen molar-refractivity contribution in [3.8, 4) is 0 Å². The summed E-state index contributed by atoms with van der Waals surface area (Å²) >= 11 is 11.8. The Kier molecular flexibility index (Phi) is 4.53. The van der Waals surface area contributed by atoms with Gasteiger partial charge in [0, 0.05) is 21.8 Å². The molecule has 1 aliphatic carbocycles. The Hall–Kier alpha value is -1.31. The highest BCUT2D eigenvalue weighted by Crippen LogP contribution is 2.47. The van der Waals surface area contributed by atoms with Crippen LogP contribution in [-0.4, -0.2) is 37.8 Å². The van der Waals surface area contributed by atoms with Crippen LogP contribution in [-0.2, 0) is 19.4 Å². The lowest BCUT2D eigenvalue weighted by atomic mass is 10.0. The molecule has 24 heavy (non-hydrogen) atoms. The van der Waals surface area contributed by atoms with Gasteiger partial charge >= 0.3 is 0 Å². The number of sulfone groups is 1. The van der Waals surface area contributed by atoms with Crippen LogP contribution in [0.4, 0.5) is 5.69 Å². The van der Waals surface area contributed by atoms with Crippen LogP contribution in [0.3, 0.4) is 0 Å². The molecule has 1 aliphatic heterocycles. The van der Waals surface area contributed by atoms with E-state index in [2.05, 4.69) is 10.6 Å². The summed E-state index contributed by atoms with van der Waals surface area (Å²) in [4.78, 5) is 24.9. The third kappa shape index (κ3) is 3.68. The minimum atomic E-state index is -3.09. The van der Waals surface area contributed by atoms with E-state index in [0.29, 0.717) is 35.0 Å². The van der Waals surface area contributed by atoms with Crippen molar-refractivity contribution in [1.82, 2.24) is 5.32 Å². The first-order chi connectivity index (χ1) is 11.2. The first-order valence-electron chi connectivity index (χ1n) is 7.49. The molecule has 2 aliphatic rings. The molecule has 2 fully saturated rings. The van der Waals surface area contributed by atoms with E-state index in [1.54, 1.807) is 18.2 Å². The monoisotopic (exact) mass is 390 g/mol. The number of carbonyl (C=O) groups is 2. The van der Waals surface area contributed by atoms with Gasteiger partial charge in [-0.1, -0.05) is 23.2 Å². The molecule has 130 valence electrons.